The Hall–Kier alpha value is -2.84. The van der Waals surface area contributed by atoms with Crippen LogP contribution in [0.15, 0.2) is 91.0 Å². The number of aromatic hydroxyl groups is 1. The molecule has 0 aliphatic heterocycles. The Balaban J connectivity index is 1.63. The summed E-state index contributed by atoms with van der Waals surface area (Å²) < 4.78 is 1.86. The van der Waals surface area contributed by atoms with Gasteiger partial charge in [-0.25, -0.2) is 5.43 Å². The van der Waals surface area contributed by atoms with Crippen LogP contribution in [-0.4, -0.2) is 17.2 Å². The highest BCUT2D eigenvalue weighted by Gasteiger charge is 2.03. The Morgan fingerprint density at radius 3 is 2.38 bits per heavy atom. The van der Waals surface area contributed by atoms with Gasteiger partial charge in [0.05, 0.1) is 24.0 Å². The maximum absolute atomic E-state index is 12.0. The van der Waals surface area contributed by atoms with Gasteiger partial charge in [0.1, 0.15) is 5.75 Å². The van der Waals surface area contributed by atoms with Crippen LogP contribution in [0.1, 0.15) is 11.1 Å². The fourth-order valence-corrected chi connectivity index (χ4v) is 3.01. The molecule has 0 atom stereocenters. The minimum Gasteiger partial charge on any atom is -0.507 e. The maximum atomic E-state index is 12.0. The fraction of sp³-hybridized carbons (Fsp3) is 0.0476. The van der Waals surface area contributed by atoms with Crippen molar-refractivity contribution in [1.82, 2.24) is 5.43 Å². The van der Waals surface area contributed by atoms with Crippen LogP contribution in [0.25, 0.3) is 0 Å². The highest BCUT2D eigenvalue weighted by atomic mass is 79.9. The predicted octanol–water partition coefficient (Wildman–Crippen LogP) is 6.03. The van der Waals surface area contributed by atoms with Gasteiger partial charge in [0, 0.05) is 14.5 Å². The average molecular weight is 516 g/mol. The van der Waals surface area contributed by atoms with Crippen molar-refractivity contribution in [1.29, 1.82) is 0 Å². The lowest BCUT2D eigenvalue weighted by atomic mass is 10.1. The summed E-state index contributed by atoms with van der Waals surface area (Å²) in [6, 6.07) is 19.7. The third-order valence-corrected chi connectivity index (χ3v) is 4.79. The highest BCUT2D eigenvalue weighted by Crippen LogP contribution is 2.25. The molecule has 0 radical (unpaired) electrons. The second kappa shape index (κ2) is 10.1. The van der Waals surface area contributed by atoms with Crippen molar-refractivity contribution in [2.24, 2.45) is 15.3 Å². The van der Waals surface area contributed by atoms with E-state index in [1.807, 2.05) is 48.5 Å². The first-order valence-electron chi connectivity index (χ1n) is 8.56. The fourth-order valence-electron chi connectivity index (χ4n) is 2.36. The molecular weight excluding hydrogens is 500 g/mol. The van der Waals surface area contributed by atoms with Crippen molar-refractivity contribution in [3.05, 3.63) is 86.8 Å². The number of rotatable bonds is 6. The van der Waals surface area contributed by atoms with Gasteiger partial charge in [-0.3, -0.25) is 4.79 Å². The lowest BCUT2D eigenvalue weighted by Gasteiger charge is -2.02. The molecule has 0 unspecified atom stereocenters. The molecule has 3 aromatic rings. The number of nitrogens with zero attached hydrogens (tertiary/aromatic N) is 3. The SMILES string of the molecule is O=C(Cc1ccc(Br)cc1)N/N=C/c1cc(N=Nc2cccc(Br)c2)ccc1O. The molecule has 8 heteroatoms. The number of hydrogen-bond donors (Lipinski definition) is 2. The molecule has 1 amide bonds. The second-order valence-electron chi connectivity index (χ2n) is 6.02. The van der Waals surface area contributed by atoms with E-state index in [0.29, 0.717) is 16.9 Å². The summed E-state index contributed by atoms with van der Waals surface area (Å²) in [5, 5.41) is 22.2. The van der Waals surface area contributed by atoms with Gasteiger partial charge in [0.2, 0.25) is 5.91 Å². The third-order valence-electron chi connectivity index (χ3n) is 3.77. The summed E-state index contributed by atoms with van der Waals surface area (Å²) in [6.45, 7) is 0. The van der Waals surface area contributed by atoms with Gasteiger partial charge >= 0.3 is 0 Å². The first kappa shape index (κ1) is 20.9. The molecule has 0 bridgehead atoms. The average Bonchev–Trinajstić information content (AvgIpc) is 2.70. The van der Waals surface area contributed by atoms with E-state index in [1.165, 1.54) is 12.3 Å². The van der Waals surface area contributed by atoms with E-state index in [1.54, 1.807) is 12.1 Å². The Bertz CT molecular complexity index is 1070. The van der Waals surface area contributed by atoms with Crippen molar-refractivity contribution in [2.45, 2.75) is 6.42 Å². The molecule has 0 saturated heterocycles. The zero-order chi connectivity index (χ0) is 20.6. The zero-order valence-electron chi connectivity index (χ0n) is 15.1. The lowest BCUT2D eigenvalue weighted by molar-refractivity contribution is -0.120. The molecule has 0 saturated carbocycles. The monoisotopic (exact) mass is 514 g/mol. The van der Waals surface area contributed by atoms with Gasteiger partial charge in [0.25, 0.3) is 0 Å². The van der Waals surface area contributed by atoms with Gasteiger partial charge in [0.15, 0.2) is 0 Å². The molecule has 6 nitrogen and oxygen atoms in total. The van der Waals surface area contributed by atoms with Gasteiger partial charge in [-0.2, -0.15) is 15.3 Å². The lowest BCUT2D eigenvalue weighted by Crippen LogP contribution is -2.19. The Morgan fingerprint density at radius 1 is 0.931 bits per heavy atom. The number of amides is 1. The Labute approximate surface area is 184 Å². The number of benzene rings is 3. The molecule has 0 aromatic heterocycles. The summed E-state index contributed by atoms with van der Waals surface area (Å²) in [4.78, 5) is 12.0. The number of hydrogen-bond acceptors (Lipinski definition) is 5. The number of phenolic OH excluding ortho intramolecular Hbond substituents is 1. The van der Waals surface area contributed by atoms with Crippen LogP contribution >= 0.6 is 31.9 Å². The van der Waals surface area contributed by atoms with E-state index >= 15 is 0 Å². The van der Waals surface area contributed by atoms with Crippen LogP contribution in [0.2, 0.25) is 0 Å². The summed E-state index contributed by atoms with van der Waals surface area (Å²) in [5.41, 5.74) is 4.99. The molecule has 0 aliphatic carbocycles. The molecule has 146 valence electrons. The highest BCUT2D eigenvalue weighted by molar-refractivity contribution is 9.10. The van der Waals surface area contributed by atoms with Crippen molar-refractivity contribution < 1.29 is 9.90 Å². The predicted molar refractivity (Wildman–Crippen MR) is 120 cm³/mol. The number of carbonyl (C=O) groups excluding carboxylic acids is 1. The topological polar surface area (TPSA) is 86.4 Å². The molecule has 2 N–H and O–H groups in total. The molecule has 3 rings (SSSR count). The van der Waals surface area contributed by atoms with Crippen molar-refractivity contribution in [3.63, 3.8) is 0 Å². The minimum absolute atomic E-state index is 0.0253. The Kier molecular flexibility index (Phi) is 7.26. The molecule has 29 heavy (non-hydrogen) atoms. The van der Waals surface area contributed by atoms with Crippen LogP contribution in [0.4, 0.5) is 11.4 Å². The normalized spacial score (nSPS) is 11.2. The number of nitrogens with one attached hydrogen (secondary N) is 1. The molecular formula is C21H16Br2N4O2. The van der Waals surface area contributed by atoms with Crippen LogP contribution in [0, 0.1) is 0 Å². The summed E-state index contributed by atoms with van der Waals surface area (Å²) in [7, 11) is 0. The van der Waals surface area contributed by atoms with Crippen LogP contribution < -0.4 is 5.43 Å². The molecule has 0 fully saturated rings. The van der Waals surface area contributed by atoms with E-state index in [0.717, 1.165) is 14.5 Å². The van der Waals surface area contributed by atoms with Crippen molar-refractivity contribution in [2.75, 3.05) is 0 Å². The largest absolute Gasteiger partial charge is 0.507 e. The first-order chi connectivity index (χ1) is 14.0. The van der Waals surface area contributed by atoms with E-state index in [-0.39, 0.29) is 18.1 Å². The zero-order valence-corrected chi connectivity index (χ0v) is 18.3. The first-order valence-corrected chi connectivity index (χ1v) is 10.1. The van der Waals surface area contributed by atoms with E-state index in [9.17, 15) is 9.90 Å². The molecule has 3 aromatic carbocycles. The van der Waals surface area contributed by atoms with Crippen LogP contribution in [-0.2, 0) is 11.2 Å². The van der Waals surface area contributed by atoms with E-state index in [2.05, 4.69) is 52.6 Å². The summed E-state index contributed by atoms with van der Waals surface area (Å²) in [5.74, 6) is -0.231. The third kappa shape index (κ3) is 6.62. The van der Waals surface area contributed by atoms with Crippen molar-refractivity contribution >= 4 is 55.4 Å². The number of azo groups is 1. The number of carbonyl (C=O) groups is 1. The van der Waals surface area contributed by atoms with Gasteiger partial charge in [-0.15, -0.1) is 0 Å². The Morgan fingerprint density at radius 2 is 1.66 bits per heavy atom. The number of phenols is 1. The van der Waals surface area contributed by atoms with Crippen LogP contribution in [0.3, 0.4) is 0 Å². The van der Waals surface area contributed by atoms with Gasteiger partial charge in [-0.05, 0) is 54.1 Å². The van der Waals surface area contributed by atoms with Crippen molar-refractivity contribution in [3.8, 4) is 5.75 Å². The summed E-state index contributed by atoms with van der Waals surface area (Å²) >= 11 is 6.74. The summed E-state index contributed by atoms with van der Waals surface area (Å²) in [6.07, 6.45) is 1.57. The molecule has 0 spiro atoms. The number of halogens is 2. The maximum Gasteiger partial charge on any atom is 0.244 e. The van der Waals surface area contributed by atoms with E-state index < -0.39 is 0 Å². The van der Waals surface area contributed by atoms with Gasteiger partial charge < -0.3 is 5.11 Å². The quantitative estimate of drug-likeness (QED) is 0.238. The van der Waals surface area contributed by atoms with Crippen LogP contribution in [0.5, 0.6) is 5.75 Å². The second-order valence-corrected chi connectivity index (χ2v) is 7.85. The minimum atomic E-state index is -0.256. The molecule has 0 heterocycles. The smallest absolute Gasteiger partial charge is 0.244 e. The van der Waals surface area contributed by atoms with Gasteiger partial charge in [-0.1, -0.05) is 50.1 Å². The standard InChI is InChI=1S/C21H16Br2N4O2/c22-16-6-4-14(5-7-16)10-21(29)27-24-13-15-11-19(8-9-20(15)28)26-25-18-3-1-2-17(23)12-18/h1-9,11-13,28H,10H2,(H,27,29)/b24-13+,26-25?. The van der Waals surface area contributed by atoms with E-state index in [4.69, 9.17) is 0 Å². The molecule has 0 aliphatic rings. The number of hydrazone groups is 1.